The van der Waals surface area contributed by atoms with Gasteiger partial charge in [0.05, 0.1) is 0 Å². The highest BCUT2D eigenvalue weighted by molar-refractivity contribution is 5.71. The van der Waals surface area contributed by atoms with Gasteiger partial charge in [-0.05, 0) is 122 Å². The summed E-state index contributed by atoms with van der Waals surface area (Å²) in [6, 6.07) is 0. The van der Waals surface area contributed by atoms with Gasteiger partial charge in [-0.25, -0.2) is 0 Å². The molecular weight excluding hydrogens is 817 g/mol. The van der Waals surface area contributed by atoms with Crippen molar-refractivity contribution >= 4 is 17.9 Å². The van der Waals surface area contributed by atoms with E-state index in [0.29, 0.717) is 19.3 Å². The van der Waals surface area contributed by atoms with Gasteiger partial charge in [0.2, 0.25) is 0 Å². The summed E-state index contributed by atoms with van der Waals surface area (Å²) < 4.78 is 16.8. The molecular formula is C60H98O6. The third-order valence-electron chi connectivity index (χ3n) is 11.0. The fraction of sp³-hybridized carbons (Fsp3) is 0.650. The van der Waals surface area contributed by atoms with Gasteiger partial charge in [-0.3, -0.25) is 14.4 Å². The van der Waals surface area contributed by atoms with Crippen LogP contribution in [0.3, 0.4) is 0 Å². The number of carbonyl (C=O) groups excluding carboxylic acids is 3. The Hall–Kier alpha value is -3.93. The van der Waals surface area contributed by atoms with E-state index in [4.69, 9.17) is 14.2 Å². The topological polar surface area (TPSA) is 78.9 Å². The molecule has 0 aliphatic carbocycles. The summed E-state index contributed by atoms with van der Waals surface area (Å²) in [6.07, 6.45) is 72.1. The molecule has 1 unspecified atom stereocenters. The molecule has 0 aromatic rings. The fourth-order valence-electron chi connectivity index (χ4n) is 7.01. The zero-order valence-electron chi connectivity index (χ0n) is 42.7. The summed E-state index contributed by atoms with van der Waals surface area (Å²) in [7, 11) is 0. The predicted molar refractivity (Wildman–Crippen MR) is 283 cm³/mol. The molecule has 6 heteroatoms. The molecule has 0 spiro atoms. The van der Waals surface area contributed by atoms with Crippen LogP contribution in [0.5, 0.6) is 0 Å². The summed E-state index contributed by atoms with van der Waals surface area (Å²) in [6.45, 7) is 6.33. The minimum atomic E-state index is -0.804. The van der Waals surface area contributed by atoms with E-state index in [2.05, 4.69) is 130 Å². The summed E-state index contributed by atoms with van der Waals surface area (Å²) in [5.74, 6) is -0.960. The summed E-state index contributed by atoms with van der Waals surface area (Å²) in [5, 5.41) is 0. The monoisotopic (exact) mass is 915 g/mol. The molecule has 0 aliphatic rings. The number of rotatable bonds is 47. The number of hydrogen-bond acceptors (Lipinski definition) is 6. The van der Waals surface area contributed by atoms with Crippen molar-refractivity contribution in [2.45, 2.75) is 239 Å². The van der Waals surface area contributed by atoms with E-state index in [1.54, 1.807) is 0 Å². The van der Waals surface area contributed by atoms with Crippen LogP contribution in [-0.2, 0) is 28.6 Å². The first-order valence-corrected chi connectivity index (χ1v) is 26.9. The second kappa shape index (κ2) is 53.7. The number of carbonyl (C=O) groups is 3. The van der Waals surface area contributed by atoms with Crippen LogP contribution in [0.2, 0.25) is 0 Å². The lowest BCUT2D eigenvalue weighted by Crippen LogP contribution is -2.30. The smallest absolute Gasteiger partial charge is 0.306 e. The minimum absolute atomic E-state index is 0.101. The maximum absolute atomic E-state index is 12.8. The van der Waals surface area contributed by atoms with E-state index in [1.807, 2.05) is 0 Å². The molecule has 0 saturated carbocycles. The molecule has 0 aromatic heterocycles. The van der Waals surface area contributed by atoms with Crippen LogP contribution in [0.15, 0.2) is 109 Å². The highest BCUT2D eigenvalue weighted by atomic mass is 16.6. The molecule has 0 rings (SSSR count). The molecule has 0 saturated heterocycles. The van der Waals surface area contributed by atoms with Crippen molar-refractivity contribution in [3.63, 3.8) is 0 Å². The first-order valence-electron chi connectivity index (χ1n) is 26.9. The van der Waals surface area contributed by atoms with Crippen molar-refractivity contribution in [2.24, 2.45) is 0 Å². The molecule has 0 amide bonds. The summed E-state index contributed by atoms with van der Waals surface area (Å²) in [5.41, 5.74) is 0. The van der Waals surface area contributed by atoms with E-state index < -0.39 is 6.10 Å². The predicted octanol–water partition coefficient (Wildman–Crippen LogP) is 17.9. The van der Waals surface area contributed by atoms with Crippen LogP contribution in [0.25, 0.3) is 0 Å². The normalized spacial score (nSPS) is 13.0. The maximum atomic E-state index is 12.8. The van der Waals surface area contributed by atoms with Gasteiger partial charge in [-0.2, -0.15) is 0 Å². The Morgan fingerprint density at radius 2 is 0.591 bits per heavy atom. The first kappa shape index (κ1) is 62.1. The number of unbranched alkanes of at least 4 members (excludes halogenated alkanes) is 18. The first-order chi connectivity index (χ1) is 32.5. The van der Waals surface area contributed by atoms with Gasteiger partial charge < -0.3 is 14.2 Å². The molecule has 0 bridgehead atoms. The Kier molecular flexibility index (Phi) is 50.5. The van der Waals surface area contributed by atoms with Gasteiger partial charge in [-0.15, -0.1) is 0 Å². The molecule has 0 radical (unpaired) electrons. The van der Waals surface area contributed by atoms with Crippen LogP contribution >= 0.6 is 0 Å². The highest BCUT2D eigenvalue weighted by Gasteiger charge is 2.19. The Bertz CT molecular complexity index is 1370. The van der Waals surface area contributed by atoms with Crippen LogP contribution in [0, 0.1) is 0 Å². The van der Waals surface area contributed by atoms with Crippen molar-refractivity contribution < 1.29 is 28.6 Å². The molecule has 66 heavy (non-hydrogen) atoms. The lowest BCUT2D eigenvalue weighted by molar-refractivity contribution is -0.167. The second-order valence-corrected chi connectivity index (χ2v) is 17.4. The molecule has 0 aliphatic heterocycles. The third-order valence-corrected chi connectivity index (χ3v) is 11.0. The van der Waals surface area contributed by atoms with Crippen LogP contribution in [0.4, 0.5) is 0 Å². The Balaban J connectivity index is 4.47. The standard InChI is InChI=1S/C60H98O6/c1-4-7-10-13-16-19-22-25-27-29-30-32-33-35-38-41-44-47-50-53-59(62)65-56-57(55-64-58(61)52-49-46-43-40-37-24-21-18-15-12-9-6-3)66-60(63)54-51-48-45-42-39-36-34-31-28-26-23-20-17-14-11-8-5-2/h7,9-10,12,16-21,25-28,30,32,35,38,57H,4-6,8,11,13-15,22-24,29,31,33-34,36-37,39-56H2,1-3H3/b10-7-,12-9-,19-16-,20-17-,21-18-,27-25-,28-26-,32-30-,38-35-. The van der Waals surface area contributed by atoms with Crippen LogP contribution in [0.1, 0.15) is 233 Å². The van der Waals surface area contributed by atoms with E-state index in [9.17, 15) is 14.4 Å². The second-order valence-electron chi connectivity index (χ2n) is 17.4. The average Bonchev–Trinajstić information content (AvgIpc) is 3.31. The lowest BCUT2D eigenvalue weighted by atomic mass is 10.1. The molecule has 374 valence electrons. The van der Waals surface area contributed by atoms with Crippen molar-refractivity contribution in [3.05, 3.63) is 109 Å². The van der Waals surface area contributed by atoms with Crippen LogP contribution < -0.4 is 0 Å². The molecule has 0 N–H and O–H groups in total. The molecule has 0 heterocycles. The molecule has 0 fully saturated rings. The van der Waals surface area contributed by atoms with Gasteiger partial charge in [0.25, 0.3) is 0 Å². The average molecular weight is 915 g/mol. The number of hydrogen-bond donors (Lipinski definition) is 0. The van der Waals surface area contributed by atoms with E-state index in [-0.39, 0.29) is 31.1 Å². The Morgan fingerprint density at radius 1 is 0.318 bits per heavy atom. The van der Waals surface area contributed by atoms with Crippen molar-refractivity contribution in [3.8, 4) is 0 Å². The van der Waals surface area contributed by atoms with Gasteiger partial charge in [0, 0.05) is 19.3 Å². The summed E-state index contributed by atoms with van der Waals surface area (Å²) in [4.78, 5) is 38.0. The molecule has 0 aromatic carbocycles. The third kappa shape index (κ3) is 51.1. The van der Waals surface area contributed by atoms with Gasteiger partial charge in [0.1, 0.15) is 13.2 Å². The van der Waals surface area contributed by atoms with E-state index >= 15 is 0 Å². The molecule has 6 nitrogen and oxygen atoms in total. The minimum Gasteiger partial charge on any atom is -0.462 e. The van der Waals surface area contributed by atoms with Crippen molar-refractivity contribution in [1.29, 1.82) is 0 Å². The fourth-order valence-corrected chi connectivity index (χ4v) is 7.01. The number of ether oxygens (including phenoxy) is 3. The Morgan fingerprint density at radius 3 is 0.939 bits per heavy atom. The van der Waals surface area contributed by atoms with Crippen LogP contribution in [-0.4, -0.2) is 37.2 Å². The quantitative estimate of drug-likeness (QED) is 0.0262. The zero-order chi connectivity index (χ0) is 47.9. The van der Waals surface area contributed by atoms with Gasteiger partial charge in [0.15, 0.2) is 6.10 Å². The SMILES string of the molecule is CC/C=C\C/C=C\C/C=C\C/C=C\C/C=C\CCCCCC(=O)OCC(COC(=O)CCCCCCC/C=C\C/C=C\CC)OC(=O)CCCCCCCCC/C=C\C/C=C\CCCCC. The maximum Gasteiger partial charge on any atom is 0.306 e. The highest BCUT2D eigenvalue weighted by Crippen LogP contribution is 2.13. The van der Waals surface area contributed by atoms with Gasteiger partial charge >= 0.3 is 17.9 Å². The van der Waals surface area contributed by atoms with E-state index in [1.165, 1.54) is 51.4 Å². The zero-order valence-corrected chi connectivity index (χ0v) is 42.7. The number of esters is 3. The van der Waals surface area contributed by atoms with Gasteiger partial charge in [-0.1, -0.05) is 201 Å². The molecule has 1 atom stereocenters. The van der Waals surface area contributed by atoms with Crippen molar-refractivity contribution in [1.82, 2.24) is 0 Å². The number of allylic oxidation sites excluding steroid dienone is 18. The lowest BCUT2D eigenvalue weighted by Gasteiger charge is -2.18. The van der Waals surface area contributed by atoms with Crippen molar-refractivity contribution in [2.75, 3.05) is 13.2 Å². The largest absolute Gasteiger partial charge is 0.462 e. The Labute approximate surface area is 406 Å². The summed E-state index contributed by atoms with van der Waals surface area (Å²) >= 11 is 0. The van der Waals surface area contributed by atoms with E-state index in [0.717, 1.165) is 141 Å².